The van der Waals surface area contributed by atoms with Crippen molar-refractivity contribution in [3.8, 4) is 5.75 Å². The Kier molecular flexibility index (Phi) is 7.06. The molecule has 5 N–H and O–H groups in total. The number of rotatable bonds is 7. The lowest BCUT2D eigenvalue weighted by Gasteiger charge is -2.53. The van der Waals surface area contributed by atoms with Crippen LogP contribution in [0.25, 0.3) is 0 Å². The van der Waals surface area contributed by atoms with Gasteiger partial charge in [0.25, 0.3) is 5.91 Å². The molecule has 2 aliphatic heterocycles. The average molecular weight is 481 g/mol. The molecule has 6 rings (SSSR count). The summed E-state index contributed by atoms with van der Waals surface area (Å²) in [6.45, 7) is 2.95. The van der Waals surface area contributed by atoms with E-state index in [1.54, 1.807) is 6.07 Å². The average Bonchev–Trinajstić information content (AvgIpc) is 3.20. The van der Waals surface area contributed by atoms with E-state index < -0.39 is 5.82 Å². The fourth-order valence-electron chi connectivity index (χ4n) is 5.82. The summed E-state index contributed by atoms with van der Waals surface area (Å²) in [6, 6.07) is 5.17. The lowest BCUT2D eigenvalue weighted by atomic mass is 9.60. The third kappa shape index (κ3) is 5.44. The Morgan fingerprint density at radius 2 is 2.06 bits per heavy atom. The van der Waals surface area contributed by atoms with Crippen LogP contribution in [0.1, 0.15) is 25.7 Å². The lowest BCUT2D eigenvalue weighted by Crippen LogP contribution is -2.68. The smallest absolute Gasteiger partial charge is 0.258 e. The molecule has 3 aliphatic carbocycles. The van der Waals surface area contributed by atoms with Crippen LogP contribution in [0.15, 0.2) is 18.2 Å². The first-order chi connectivity index (χ1) is 15.9. The molecule has 8 nitrogen and oxygen atoms in total. The van der Waals surface area contributed by atoms with Crippen LogP contribution in [-0.2, 0) is 4.79 Å². The zero-order valence-corrected chi connectivity index (χ0v) is 19.7. The van der Waals surface area contributed by atoms with E-state index in [-0.39, 0.29) is 29.9 Å². The van der Waals surface area contributed by atoms with Gasteiger partial charge in [0, 0.05) is 50.2 Å². The van der Waals surface area contributed by atoms with Crippen LogP contribution in [0.4, 0.5) is 4.39 Å². The van der Waals surface area contributed by atoms with Gasteiger partial charge in [0.1, 0.15) is 17.9 Å². The molecular weight excluding hydrogens is 447 g/mol. The van der Waals surface area contributed by atoms with E-state index in [4.69, 9.17) is 16.3 Å². The van der Waals surface area contributed by atoms with E-state index in [0.29, 0.717) is 35.6 Å². The van der Waals surface area contributed by atoms with Gasteiger partial charge in [0.2, 0.25) is 0 Å². The highest BCUT2D eigenvalue weighted by Gasteiger charge is 2.47. The van der Waals surface area contributed by atoms with E-state index in [2.05, 4.69) is 38.7 Å². The Morgan fingerprint density at radius 1 is 1.24 bits per heavy atom. The van der Waals surface area contributed by atoms with E-state index >= 15 is 0 Å². The van der Waals surface area contributed by atoms with Crippen molar-refractivity contribution in [2.75, 3.05) is 33.3 Å². The maximum atomic E-state index is 13.6. The fraction of sp³-hybridized carbons (Fsp3) is 0.696. The van der Waals surface area contributed by atoms with E-state index in [1.807, 2.05) is 0 Å². The number of nitrogens with zero attached hydrogens (tertiary/aromatic N) is 1. The molecule has 0 spiro atoms. The van der Waals surface area contributed by atoms with Gasteiger partial charge in [-0.2, -0.15) is 0 Å². The number of nitrogens with one attached hydrogen (secondary N) is 5. The van der Waals surface area contributed by atoms with Crippen molar-refractivity contribution in [3.05, 3.63) is 29.0 Å². The second-order valence-electron chi connectivity index (χ2n) is 9.99. The van der Waals surface area contributed by atoms with Gasteiger partial charge in [-0.15, -0.1) is 0 Å². The lowest BCUT2D eigenvalue weighted by molar-refractivity contribution is -0.125. The Balaban J connectivity index is 1.09. The Bertz CT molecular complexity index is 856. The molecule has 5 unspecified atom stereocenters. The number of hydrazine groups is 1. The van der Waals surface area contributed by atoms with Crippen molar-refractivity contribution < 1.29 is 13.9 Å². The summed E-state index contributed by atoms with van der Waals surface area (Å²) in [4.78, 5) is 12.5. The van der Waals surface area contributed by atoms with E-state index in [9.17, 15) is 9.18 Å². The van der Waals surface area contributed by atoms with Gasteiger partial charge in [-0.25, -0.2) is 9.40 Å². The van der Waals surface area contributed by atoms with Crippen LogP contribution in [0.5, 0.6) is 5.75 Å². The first-order valence-electron chi connectivity index (χ1n) is 12.0. The van der Waals surface area contributed by atoms with Crippen molar-refractivity contribution >= 4 is 17.5 Å². The molecule has 5 atom stereocenters. The number of carbonyl (C=O) groups is 1. The van der Waals surface area contributed by atoms with E-state index in [0.717, 1.165) is 45.3 Å². The summed E-state index contributed by atoms with van der Waals surface area (Å²) in [5, 5.41) is 16.5. The molecule has 10 heteroatoms. The van der Waals surface area contributed by atoms with Gasteiger partial charge in [-0.3, -0.25) is 26.2 Å². The minimum atomic E-state index is -0.556. The summed E-state index contributed by atoms with van der Waals surface area (Å²) in [6.07, 6.45) is 4.41. The van der Waals surface area contributed by atoms with Crippen LogP contribution in [0, 0.1) is 23.6 Å². The SMILES string of the molecule is CN1CC(C2CCNC(NC3CC(NC(=O)COc4ccc(Cl)c(F)c4)C4CC3C4)N2)CN1. The Morgan fingerprint density at radius 3 is 2.82 bits per heavy atom. The first-order valence-corrected chi connectivity index (χ1v) is 12.4. The molecule has 182 valence electrons. The molecule has 2 heterocycles. The number of carbonyl (C=O) groups excluding carboxylic acids is 1. The van der Waals surface area contributed by atoms with Crippen LogP contribution in [0.3, 0.4) is 0 Å². The minimum absolute atomic E-state index is 0.0348. The largest absolute Gasteiger partial charge is 0.484 e. The maximum Gasteiger partial charge on any atom is 0.258 e. The highest BCUT2D eigenvalue weighted by molar-refractivity contribution is 6.30. The Hall–Kier alpha value is -1.49. The van der Waals surface area contributed by atoms with Crippen LogP contribution in [0.2, 0.25) is 5.02 Å². The fourth-order valence-corrected chi connectivity index (χ4v) is 5.94. The number of benzene rings is 1. The molecule has 1 aromatic rings. The zero-order chi connectivity index (χ0) is 22.9. The summed E-state index contributed by atoms with van der Waals surface area (Å²) < 4.78 is 19.0. The molecule has 0 radical (unpaired) electrons. The normalized spacial score (nSPS) is 36.3. The molecule has 3 saturated carbocycles. The number of fused-ring (bicyclic) bond motifs is 2. The van der Waals surface area contributed by atoms with Gasteiger partial charge in [-0.05, 0) is 56.2 Å². The van der Waals surface area contributed by atoms with Crippen molar-refractivity contribution in [3.63, 3.8) is 0 Å². The first kappa shape index (κ1) is 23.3. The highest BCUT2D eigenvalue weighted by atomic mass is 35.5. The van der Waals surface area contributed by atoms with Crippen molar-refractivity contribution in [2.45, 2.75) is 50.1 Å². The maximum absolute atomic E-state index is 13.6. The monoisotopic (exact) mass is 480 g/mol. The summed E-state index contributed by atoms with van der Waals surface area (Å²) >= 11 is 5.69. The molecule has 1 aromatic carbocycles. The van der Waals surface area contributed by atoms with Crippen LogP contribution >= 0.6 is 11.6 Å². The van der Waals surface area contributed by atoms with Gasteiger partial charge in [0.15, 0.2) is 6.61 Å². The molecule has 2 saturated heterocycles. The van der Waals surface area contributed by atoms with E-state index in [1.165, 1.54) is 12.1 Å². The van der Waals surface area contributed by atoms with Crippen molar-refractivity contribution in [1.82, 2.24) is 31.7 Å². The van der Waals surface area contributed by atoms with Crippen molar-refractivity contribution in [2.24, 2.45) is 17.8 Å². The number of halogens is 2. The van der Waals surface area contributed by atoms with Crippen LogP contribution in [-0.4, -0.2) is 68.6 Å². The third-order valence-electron chi connectivity index (χ3n) is 7.73. The van der Waals surface area contributed by atoms with Gasteiger partial charge in [0.05, 0.1) is 5.02 Å². The number of hydrogen-bond acceptors (Lipinski definition) is 7. The topological polar surface area (TPSA) is 89.7 Å². The summed E-state index contributed by atoms with van der Waals surface area (Å²) in [5.41, 5.74) is 3.40. The quantitative estimate of drug-likeness (QED) is 0.398. The van der Waals surface area contributed by atoms with Crippen molar-refractivity contribution in [1.29, 1.82) is 0 Å². The number of amides is 1. The van der Waals surface area contributed by atoms with Gasteiger partial charge < -0.3 is 10.1 Å². The number of ether oxygens (including phenoxy) is 1. The summed E-state index contributed by atoms with van der Waals surface area (Å²) in [7, 11) is 2.10. The molecule has 2 bridgehead atoms. The Labute approximate surface area is 199 Å². The second kappa shape index (κ2) is 10.0. The molecular formula is C23H34ClFN6O2. The third-order valence-corrected chi connectivity index (χ3v) is 8.04. The molecule has 5 fully saturated rings. The standard InChI is InChI=1S/C23H34ClFN6O2/c1-31-11-15(10-27-31)19-4-5-26-23(29-19)30-21-9-20(13-6-14(21)7-13)28-22(32)12-33-16-2-3-17(24)18(25)8-16/h2-3,8,13-15,19-21,23,26-27,29-30H,4-7,9-12H2,1H3,(H,28,32). The zero-order valence-electron chi connectivity index (χ0n) is 18.9. The molecule has 0 aromatic heterocycles. The van der Waals surface area contributed by atoms with Gasteiger partial charge >= 0.3 is 0 Å². The highest BCUT2D eigenvalue weighted by Crippen LogP contribution is 2.45. The predicted molar refractivity (Wildman–Crippen MR) is 124 cm³/mol. The molecule has 33 heavy (non-hydrogen) atoms. The number of hydrogen-bond donors (Lipinski definition) is 5. The molecule has 1 amide bonds. The van der Waals surface area contributed by atoms with Crippen LogP contribution < -0.4 is 31.4 Å². The predicted octanol–water partition coefficient (Wildman–Crippen LogP) is 1.03. The second-order valence-corrected chi connectivity index (χ2v) is 10.4. The molecule has 5 aliphatic rings. The van der Waals surface area contributed by atoms with Gasteiger partial charge in [-0.1, -0.05) is 11.6 Å². The summed E-state index contributed by atoms with van der Waals surface area (Å²) in [5.74, 6) is 1.38. The minimum Gasteiger partial charge on any atom is -0.484 e.